The number of nitrogens with one attached hydrogen (secondary N) is 2. The van der Waals surface area contributed by atoms with E-state index in [1.165, 1.54) is 6.07 Å². The van der Waals surface area contributed by atoms with Crippen molar-refractivity contribution in [1.82, 2.24) is 10.3 Å². The molecule has 2 aromatic rings. The van der Waals surface area contributed by atoms with Gasteiger partial charge in [0.2, 0.25) is 0 Å². The van der Waals surface area contributed by atoms with Crippen molar-refractivity contribution in [3.63, 3.8) is 0 Å². The predicted octanol–water partition coefficient (Wildman–Crippen LogP) is 2.52. The number of hydrogen-bond acceptors (Lipinski definition) is 4. The lowest BCUT2D eigenvalue weighted by Crippen LogP contribution is -2.43. The quantitative estimate of drug-likeness (QED) is 0.739. The smallest absolute Gasteiger partial charge is 0.272 e. The van der Waals surface area contributed by atoms with Crippen LogP contribution in [0.15, 0.2) is 47.4 Å². The number of carbonyl (C=O) groups is 1. The third-order valence-electron chi connectivity index (χ3n) is 2.69. The molecule has 24 heavy (non-hydrogen) atoms. The van der Waals surface area contributed by atoms with Crippen molar-refractivity contribution in [2.75, 3.05) is 6.61 Å². The fourth-order valence-corrected chi connectivity index (χ4v) is 2.79. The van der Waals surface area contributed by atoms with Gasteiger partial charge in [-0.05, 0) is 42.5 Å². The fraction of sp³-hybridized carbons (Fsp3) is 0.0714. The van der Waals surface area contributed by atoms with Gasteiger partial charge in [-0.15, -0.1) is 4.83 Å². The minimum Gasteiger partial charge on any atom is -0.484 e. The number of halogens is 3. The molecule has 6 nitrogen and oxygen atoms in total. The van der Waals surface area contributed by atoms with Gasteiger partial charge < -0.3 is 4.74 Å². The first-order valence-corrected chi connectivity index (χ1v) is 8.66. The zero-order chi connectivity index (χ0) is 17.7. The zero-order valence-corrected chi connectivity index (χ0v) is 14.3. The Kier molecular flexibility index (Phi) is 6.00. The fourth-order valence-electron chi connectivity index (χ4n) is 1.59. The molecule has 0 saturated carbocycles. The molecule has 0 fully saturated rings. The summed E-state index contributed by atoms with van der Waals surface area (Å²) in [5.74, 6) is -1.44. The molecule has 0 spiro atoms. The minimum absolute atomic E-state index is 0.0480. The predicted molar refractivity (Wildman–Crippen MR) is 86.8 cm³/mol. The molecule has 2 aromatic carbocycles. The maximum absolute atomic E-state index is 13.6. The Morgan fingerprint density at radius 1 is 1.08 bits per heavy atom. The molecule has 0 radical (unpaired) electrons. The summed E-state index contributed by atoms with van der Waals surface area (Å²) in [5.41, 5.74) is 1.92. The molecular formula is C14H11Cl2FN2O4S. The number of carbonyl (C=O) groups excluding carboxylic acids is 1. The molecule has 1 amide bonds. The van der Waals surface area contributed by atoms with Crippen LogP contribution in [-0.4, -0.2) is 20.9 Å². The van der Waals surface area contributed by atoms with Crippen LogP contribution in [0, 0.1) is 5.82 Å². The molecule has 10 heteroatoms. The van der Waals surface area contributed by atoms with Gasteiger partial charge in [-0.3, -0.25) is 10.2 Å². The van der Waals surface area contributed by atoms with Gasteiger partial charge in [0.15, 0.2) is 6.61 Å². The van der Waals surface area contributed by atoms with Crippen LogP contribution >= 0.6 is 23.2 Å². The first-order valence-electron chi connectivity index (χ1n) is 6.42. The molecule has 0 aliphatic carbocycles. The molecule has 0 unspecified atom stereocenters. The molecule has 2 N–H and O–H groups in total. The summed E-state index contributed by atoms with van der Waals surface area (Å²) in [7, 11) is -4.28. The van der Waals surface area contributed by atoms with Crippen molar-refractivity contribution in [3.8, 4) is 5.75 Å². The Morgan fingerprint density at radius 3 is 2.33 bits per heavy atom. The summed E-state index contributed by atoms with van der Waals surface area (Å²) in [5, 5.41) is 0.552. The van der Waals surface area contributed by atoms with E-state index < -0.39 is 33.3 Å². The molecule has 0 aliphatic rings. The largest absolute Gasteiger partial charge is 0.484 e. The Morgan fingerprint density at radius 2 is 1.71 bits per heavy atom. The first-order chi connectivity index (χ1) is 11.3. The lowest BCUT2D eigenvalue weighted by Gasteiger charge is -2.10. The second-order valence-electron chi connectivity index (χ2n) is 4.47. The van der Waals surface area contributed by atoms with Gasteiger partial charge in [-0.25, -0.2) is 12.8 Å². The highest BCUT2D eigenvalue weighted by atomic mass is 35.5. The van der Waals surface area contributed by atoms with E-state index in [-0.39, 0.29) is 5.02 Å². The summed E-state index contributed by atoms with van der Waals surface area (Å²) in [6.07, 6.45) is 0. The van der Waals surface area contributed by atoms with Crippen LogP contribution in [0.2, 0.25) is 10.0 Å². The monoisotopic (exact) mass is 392 g/mol. The summed E-state index contributed by atoms with van der Waals surface area (Å²) < 4.78 is 42.6. The van der Waals surface area contributed by atoms with Crippen molar-refractivity contribution in [3.05, 3.63) is 58.3 Å². The average molecular weight is 393 g/mol. The normalized spacial score (nSPS) is 11.1. The van der Waals surface area contributed by atoms with Gasteiger partial charge in [-0.1, -0.05) is 23.2 Å². The number of rotatable bonds is 6. The van der Waals surface area contributed by atoms with Crippen molar-refractivity contribution >= 4 is 39.1 Å². The third-order valence-corrected chi connectivity index (χ3v) is 4.46. The van der Waals surface area contributed by atoms with E-state index in [9.17, 15) is 17.6 Å². The molecular weight excluding hydrogens is 382 g/mol. The van der Waals surface area contributed by atoms with Crippen molar-refractivity contribution in [1.29, 1.82) is 0 Å². The molecule has 0 bridgehead atoms. The van der Waals surface area contributed by atoms with E-state index >= 15 is 0 Å². The minimum atomic E-state index is -4.28. The SMILES string of the molecule is O=C(COc1ccc(Cl)cc1)NNS(=O)(=O)c1ccc(Cl)cc1F. The second-order valence-corrected chi connectivity index (χ2v) is 6.99. The van der Waals surface area contributed by atoms with E-state index in [0.717, 1.165) is 12.1 Å². The van der Waals surface area contributed by atoms with E-state index in [4.69, 9.17) is 27.9 Å². The third kappa shape index (κ3) is 5.07. The van der Waals surface area contributed by atoms with E-state index in [1.807, 2.05) is 5.43 Å². The summed E-state index contributed by atoms with van der Waals surface area (Å²) in [6.45, 7) is -0.451. The maximum Gasteiger partial charge on any atom is 0.272 e. The van der Waals surface area contributed by atoms with E-state index in [0.29, 0.717) is 10.8 Å². The second kappa shape index (κ2) is 7.80. The van der Waals surface area contributed by atoms with Gasteiger partial charge >= 0.3 is 0 Å². The summed E-state index contributed by atoms with van der Waals surface area (Å²) in [6, 6.07) is 9.27. The van der Waals surface area contributed by atoms with Crippen LogP contribution in [-0.2, 0) is 14.8 Å². The topological polar surface area (TPSA) is 84.5 Å². The molecule has 0 heterocycles. The Labute approximate surface area is 147 Å². The van der Waals surface area contributed by atoms with Gasteiger partial charge in [-0.2, -0.15) is 0 Å². The standard InChI is InChI=1S/C14H11Cl2FN2O4S/c15-9-1-4-11(5-2-9)23-8-14(20)18-19-24(21,22)13-6-3-10(16)7-12(13)17/h1-7,19H,8H2,(H,18,20). The first kappa shape index (κ1) is 18.5. The number of sulfonamides is 1. The van der Waals surface area contributed by atoms with Crippen LogP contribution in [0.5, 0.6) is 5.75 Å². The van der Waals surface area contributed by atoms with Crippen molar-refractivity contribution < 1.29 is 22.3 Å². The highest BCUT2D eigenvalue weighted by molar-refractivity contribution is 7.89. The summed E-state index contributed by atoms with van der Waals surface area (Å²) in [4.78, 5) is 12.7. The average Bonchev–Trinajstić information content (AvgIpc) is 2.52. The van der Waals surface area contributed by atoms with Crippen molar-refractivity contribution in [2.24, 2.45) is 0 Å². The van der Waals surface area contributed by atoms with Gasteiger partial charge in [0, 0.05) is 10.0 Å². The maximum atomic E-state index is 13.6. The van der Waals surface area contributed by atoms with E-state index in [2.05, 4.69) is 0 Å². The highest BCUT2D eigenvalue weighted by Crippen LogP contribution is 2.18. The number of amides is 1. The Bertz CT molecular complexity index is 844. The molecule has 0 aliphatic heterocycles. The number of hydrazine groups is 1. The van der Waals surface area contributed by atoms with Crippen LogP contribution < -0.4 is 15.0 Å². The van der Waals surface area contributed by atoms with Crippen LogP contribution in [0.1, 0.15) is 0 Å². The zero-order valence-electron chi connectivity index (χ0n) is 11.9. The Balaban J connectivity index is 1.91. The van der Waals surface area contributed by atoms with Gasteiger partial charge in [0.1, 0.15) is 16.5 Å². The molecule has 0 saturated heterocycles. The van der Waals surface area contributed by atoms with Crippen LogP contribution in [0.3, 0.4) is 0 Å². The molecule has 128 valence electrons. The van der Waals surface area contributed by atoms with Crippen molar-refractivity contribution in [2.45, 2.75) is 4.90 Å². The Hall–Kier alpha value is -1.87. The van der Waals surface area contributed by atoms with Crippen LogP contribution in [0.4, 0.5) is 4.39 Å². The number of hydrogen-bond donors (Lipinski definition) is 2. The van der Waals surface area contributed by atoms with Gasteiger partial charge in [0.05, 0.1) is 0 Å². The molecule has 0 aromatic heterocycles. The van der Waals surface area contributed by atoms with Gasteiger partial charge in [0.25, 0.3) is 15.9 Å². The molecule has 2 rings (SSSR count). The lowest BCUT2D eigenvalue weighted by atomic mass is 10.3. The summed E-state index contributed by atoms with van der Waals surface area (Å²) >= 11 is 11.3. The highest BCUT2D eigenvalue weighted by Gasteiger charge is 2.20. The number of ether oxygens (including phenoxy) is 1. The van der Waals surface area contributed by atoms with E-state index in [1.54, 1.807) is 29.1 Å². The molecule has 0 atom stereocenters. The van der Waals surface area contributed by atoms with Crippen LogP contribution in [0.25, 0.3) is 0 Å². The number of benzene rings is 2. The lowest BCUT2D eigenvalue weighted by molar-refractivity contribution is -0.123.